The summed E-state index contributed by atoms with van der Waals surface area (Å²) >= 11 is 7.42. The largest absolute Gasteiger partial charge is 0.493 e. The van der Waals surface area contributed by atoms with Gasteiger partial charge in [-0.25, -0.2) is 4.98 Å². The van der Waals surface area contributed by atoms with E-state index < -0.39 is 5.92 Å². The summed E-state index contributed by atoms with van der Waals surface area (Å²) in [7, 11) is 1.57. The summed E-state index contributed by atoms with van der Waals surface area (Å²) in [5, 5.41) is 3.83. The van der Waals surface area contributed by atoms with Gasteiger partial charge in [-0.05, 0) is 30.2 Å². The van der Waals surface area contributed by atoms with E-state index >= 15 is 0 Å². The molecule has 0 bridgehead atoms. The van der Waals surface area contributed by atoms with E-state index in [9.17, 15) is 9.59 Å². The minimum atomic E-state index is -0.501. The number of H-pyrrole nitrogens is 1. The third-order valence-electron chi connectivity index (χ3n) is 5.25. The maximum absolute atomic E-state index is 13.2. The Morgan fingerprint density at radius 1 is 1.21 bits per heavy atom. The van der Waals surface area contributed by atoms with Crippen LogP contribution < -0.4 is 20.3 Å². The summed E-state index contributed by atoms with van der Waals surface area (Å²) in [6, 6.07) is 13.0. The maximum atomic E-state index is 13.2. The summed E-state index contributed by atoms with van der Waals surface area (Å²) in [5.41, 5.74) is 1.86. The number of halogens is 1. The molecule has 0 saturated heterocycles. The lowest BCUT2D eigenvalue weighted by atomic mass is 9.86. The van der Waals surface area contributed by atoms with Crippen LogP contribution in [0.15, 0.2) is 52.4 Å². The minimum Gasteiger partial charge on any atom is -0.493 e. The van der Waals surface area contributed by atoms with Gasteiger partial charge in [0.2, 0.25) is 5.91 Å². The molecule has 1 unspecified atom stereocenters. The second kappa shape index (κ2) is 10.3. The number of rotatable bonds is 8. The van der Waals surface area contributed by atoms with E-state index in [1.807, 2.05) is 43.3 Å². The zero-order valence-electron chi connectivity index (χ0n) is 18.3. The van der Waals surface area contributed by atoms with Crippen molar-refractivity contribution in [3.8, 4) is 11.5 Å². The number of fused-ring (bicyclic) bond motifs is 1. The average molecular weight is 486 g/mol. The highest BCUT2D eigenvalue weighted by Gasteiger charge is 2.33. The van der Waals surface area contributed by atoms with Crippen LogP contribution in [0.25, 0.3) is 0 Å². The molecule has 1 aliphatic heterocycles. The normalized spacial score (nSPS) is 15.0. The van der Waals surface area contributed by atoms with Crippen molar-refractivity contribution < 1.29 is 14.3 Å². The lowest BCUT2D eigenvalue weighted by Crippen LogP contribution is -2.31. The zero-order chi connectivity index (χ0) is 23.4. The Kier molecular flexibility index (Phi) is 7.25. The van der Waals surface area contributed by atoms with Gasteiger partial charge in [0.25, 0.3) is 5.56 Å². The summed E-state index contributed by atoms with van der Waals surface area (Å²) < 4.78 is 11.4. The highest BCUT2D eigenvalue weighted by atomic mass is 35.5. The third kappa shape index (κ3) is 5.17. The average Bonchev–Trinajstić information content (AvgIpc) is 2.80. The van der Waals surface area contributed by atoms with Crippen molar-refractivity contribution in [3.63, 3.8) is 0 Å². The maximum Gasteiger partial charge on any atom is 0.257 e. The second-order valence-electron chi connectivity index (χ2n) is 7.58. The Labute approximate surface area is 200 Å². The smallest absolute Gasteiger partial charge is 0.257 e. The van der Waals surface area contributed by atoms with Crippen molar-refractivity contribution in [2.75, 3.05) is 19.0 Å². The van der Waals surface area contributed by atoms with Gasteiger partial charge >= 0.3 is 0 Å². The lowest BCUT2D eigenvalue weighted by Gasteiger charge is -2.26. The first kappa shape index (κ1) is 23.2. The van der Waals surface area contributed by atoms with Crippen molar-refractivity contribution in [2.24, 2.45) is 0 Å². The molecule has 1 amide bonds. The monoisotopic (exact) mass is 485 g/mol. The fourth-order valence-electron chi connectivity index (χ4n) is 3.79. The number of benzene rings is 2. The van der Waals surface area contributed by atoms with Crippen molar-refractivity contribution in [1.29, 1.82) is 0 Å². The Morgan fingerprint density at radius 3 is 2.79 bits per heavy atom. The van der Waals surface area contributed by atoms with E-state index in [1.54, 1.807) is 13.2 Å². The second-order valence-corrected chi connectivity index (χ2v) is 8.98. The number of thioether (sulfide) groups is 1. The SMILES string of the molecule is CCCOc1c(OC)cccc1C1CC(=O)Nc2nc(SCc3cccc(Cl)c3)[nH]c(=O)c21. The highest BCUT2D eigenvalue weighted by Crippen LogP contribution is 2.42. The molecule has 9 heteroatoms. The predicted octanol–water partition coefficient (Wildman–Crippen LogP) is 4.99. The van der Waals surface area contributed by atoms with Crippen LogP contribution in [0.2, 0.25) is 5.02 Å². The Morgan fingerprint density at radius 2 is 2.03 bits per heavy atom. The first-order valence-corrected chi connectivity index (χ1v) is 12.0. The van der Waals surface area contributed by atoms with Gasteiger partial charge in [0.15, 0.2) is 16.7 Å². The molecule has 1 aromatic heterocycles. The molecule has 7 nitrogen and oxygen atoms in total. The number of aromatic amines is 1. The fraction of sp³-hybridized carbons (Fsp3) is 0.292. The van der Waals surface area contributed by atoms with Gasteiger partial charge in [-0.15, -0.1) is 0 Å². The van der Waals surface area contributed by atoms with Crippen LogP contribution in [0.4, 0.5) is 5.82 Å². The summed E-state index contributed by atoms with van der Waals surface area (Å²) in [6.07, 6.45) is 0.928. The standard InChI is InChI=1S/C24H24ClN3O4S/c1-3-10-32-21-16(8-5-9-18(21)31-2)17-12-19(29)26-22-20(17)23(30)28-24(27-22)33-13-14-6-4-7-15(25)11-14/h4-9,11,17H,3,10,12-13H2,1-2H3,(H2,26,27,28,29,30). The van der Waals surface area contributed by atoms with Gasteiger partial charge in [0, 0.05) is 28.7 Å². The van der Waals surface area contributed by atoms with Gasteiger partial charge in [-0.3, -0.25) is 9.59 Å². The molecule has 0 radical (unpaired) electrons. The molecule has 1 aliphatic rings. The van der Waals surface area contributed by atoms with Gasteiger partial charge < -0.3 is 19.8 Å². The fourth-order valence-corrected chi connectivity index (χ4v) is 4.81. The molecule has 1 atom stereocenters. The van der Waals surface area contributed by atoms with E-state index in [4.69, 9.17) is 21.1 Å². The first-order valence-electron chi connectivity index (χ1n) is 10.6. The number of nitrogens with one attached hydrogen (secondary N) is 2. The van der Waals surface area contributed by atoms with Crippen LogP contribution in [0, 0.1) is 0 Å². The van der Waals surface area contributed by atoms with Crippen LogP contribution in [0.5, 0.6) is 11.5 Å². The first-order chi connectivity index (χ1) is 16.0. The number of para-hydroxylation sites is 1. The molecule has 0 aliphatic carbocycles. The molecule has 172 valence electrons. The number of anilines is 1. The summed E-state index contributed by atoms with van der Waals surface area (Å²) in [6.45, 7) is 2.50. The number of carbonyl (C=O) groups excluding carboxylic acids is 1. The quantitative estimate of drug-likeness (QED) is 0.345. The number of nitrogens with zero attached hydrogens (tertiary/aromatic N) is 1. The molecule has 2 N–H and O–H groups in total. The van der Waals surface area contributed by atoms with Crippen molar-refractivity contribution in [2.45, 2.75) is 36.6 Å². The van der Waals surface area contributed by atoms with Gasteiger partial charge in [0.05, 0.1) is 19.3 Å². The minimum absolute atomic E-state index is 0.114. The van der Waals surface area contributed by atoms with E-state index in [1.165, 1.54) is 11.8 Å². The Hall–Kier alpha value is -2.97. The van der Waals surface area contributed by atoms with Crippen LogP contribution in [0.3, 0.4) is 0 Å². The molecule has 33 heavy (non-hydrogen) atoms. The topological polar surface area (TPSA) is 93.3 Å². The van der Waals surface area contributed by atoms with Crippen LogP contribution in [-0.4, -0.2) is 29.6 Å². The van der Waals surface area contributed by atoms with Gasteiger partial charge in [-0.2, -0.15) is 0 Å². The molecular formula is C24H24ClN3O4S. The Bertz CT molecular complexity index is 1230. The number of ether oxygens (including phenoxy) is 2. The zero-order valence-corrected chi connectivity index (χ0v) is 19.9. The molecule has 3 aromatic rings. The van der Waals surface area contributed by atoms with Crippen molar-refractivity contribution in [1.82, 2.24) is 9.97 Å². The number of amides is 1. The number of carbonyl (C=O) groups is 1. The number of hydrogen-bond acceptors (Lipinski definition) is 6. The molecule has 0 spiro atoms. The predicted molar refractivity (Wildman–Crippen MR) is 130 cm³/mol. The number of hydrogen-bond donors (Lipinski definition) is 2. The van der Waals surface area contributed by atoms with Gasteiger partial charge in [-0.1, -0.05) is 54.6 Å². The van der Waals surface area contributed by atoms with E-state index in [0.717, 1.165) is 17.5 Å². The number of aromatic nitrogens is 2. The van der Waals surface area contributed by atoms with Crippen LogP contribution >= 0.6 is 23.4 Å². The molecular weight excluding hydrogens is 462 g/mol. The van der Waals surface area contributed by atoms with Crippen LogP contribution in [-0.2, 0) is 10.5 Å². The molecule has 0 fully saturated rings. The van der Waals surface area contributed by atoms with Gasteiger partial charge in [0.1, 0.15) is 5.82 Å². The number of methoxy groups -OCH3 is 1. The van der Waals surface area contributed by atoms with E-state index in [2.05, 4.69) is 15.3 Å². The molecule has 2 heterocycles. The third-order valence-corrected chi connectivity index (χ3v) is 6.43. The lowest BCUT2D eigenvalue weighted by molar-refractivity contribution is -0.116. The highest BCUT2D eigenvalue weighted by molar-refractivity contribution is 7.98. The van der Waals surface area contributed by atoms with E-state index in [0.29, 0.717) is 39.6 Å². The van der Waals surface area contributed by atoms with Crippen molar-refractivity contribution in [3.05, 3.63) is 74.5 Å². The Balaban J connectivity index is 1.70. The summed E-state index contributed by atoms with van der Waals surface area (Å²) in [4.78, 5) is 33.1. The van der Waals surface area contributed by atoms with Crippen LogP contribution in [0.1, 0.15) is 42.4 Å². The van der Waals surface area contributed by atoms with Crippen molar-refractivity contribution >= 4 is 35.1 Å². The van der Waals surface area contributed by atoms with E-state index in [-0.39, 0.29) is 23.7 Å². The molecule has 0 saturated carbocycles. The molecule has 2 aromatic carbocycles. The summed E-state index contributed by atoms with van der Waals surface area (Å²) in [5.74, 6) is 1.25. The molecule has 4 rings (SSSR count).